The number of halogens is 1. The molecule has 25 heavy (non-hydrogen) atoms. The van der Waals surface area contributed by atoms with Gasteiger partial charge in [-0.25, -0.2) is 0 Å². The van der Waals surface area contributed by atoms with Crippen molar-refractivity contribution in [2.24, 2.45) is 7.05 Å². The number of carbonyl (C=O) groups excluding carboxylic acids is 1. The van der Waals surface area contributed by atoms with Gasteiger partial charge in [0.05, 0.1) is 16.9 Å². The van der Waals surface area contributed by atoms with Crippen LogP contribution in [0.3, 0.4) is 0 Å². The minimum atomic E-state index is -0.0299. The van der Waals surface area contributed by atoms with Crippen molar-refractivity contribution in [1.29, 1.82) is 0 Å². The van der Waals surface area contributed by atoms with Crippen LogP contribution in [-0.4, -0.2) is 61.4 Å². The molecule has 0 radical (unpaired) electrons. The third kappa shape index (κ3) is 3.43. The van der Waals surface area contributed by atoms with E-state index in [0.29, 0.717) is 30.4 Å². The molecular weight excluding hydrogens is 340 g/mol. The fourth-order valence-corrected chi connectivity index (χ4v) is 3.57. The molecule has 3 rings (SSSR count). The van der Waals surface area contributed by atoms with Gasteiger partial charge in [-0.05, 0) is 20.8 Å². The third-order valence-electron chi connectivity index (χ3n) is 5.00. The van der Waals surface area contributed by atoms with Crippen molar-refractivity contribution in [1.82, 2.24) is 29.4 Å². The quantitative estimate of drug-likeness (QED) is 0.831. The van der Waals surface area contributed by atoms with Gasteiger partial charge < -0.3 is 4.90 Å². The number of piperazine rings is 1. The Labute approximate surface area is 153 Å². The van der Waals surface area contributed by atoms with E-state index < -0.39 is 0 Å². The first-order valence-corrected chi connectivity index (χ1v) is 9.02. The maximum atomic E-state index is 12.8. The van der Waals surface area contributed by atoms with Crippen LogP contribution < -0.4 is 0 Å². The van der Waals surface area contributed by atoms with Gasteiger partial charge in [-0.3, -0.25) is 19.1 Å². The summed E-state index contributed by atoms with van der Waals surface area (Å²) in [6.45, 7) is 10.7. The molecule has 0 spiro atoms. The second kappa shape index (κ2) is 7.17. The largest absolute Gasteiger partial charge is 0.335 e. The van der Waals surface area contributed by atoms with E-state index in [1.807, 2.05) is 23.6 Å². The molecule has 0 aromatic carbocycles. The molecule has 0 aliphatic carbocycles. The zero-order chi connectivity index (χ0) is 18.1. The van der Waals surface area contributed by atoms with E-state index in [1.54, 1.807) is 10.9 Å². The maximum absolute atomic E-state index is 12.8. The van der Waals surface area contributed by atoms with Gasteiger partial charge in [0, 0.05) is 57.6 Å². The monoisotopic (exact) mass is 364 g/mol. The van der Waals surface area contributed by atoms with E-state index in [0.717, 1.165) is 25.3 Å². The first kappa shape index (κ1) is 17.9. The van der Waals surface area contributed by atoms with Crippen LogP contribution in [0.2, 0.25) is 5.02 Å². The Morgan fingerprint density at radius 3 is 2.48 bits per heavy atom. The SMILES string of the molecule is CCn1ncc(Cl)c1C(=O)N1CCN(Cc2c(C)nn(C)c2C)CC1. The normalized spacial score (nSPS) is 15.8. The van der Waals surface area contributed by atoms with Crippen molar-refractivity contribution >= 4 is 17.5 Å². The standard InChI is InChI=1S/C17H25ClN6O/c1-5-24-16(15(18)10-19-24)17(25)23-8-6-22(7-9-23)11-14-12(2)20-21(4)13(14)3/h10H,5-9,11H2,1-4H3. The van der Waals surface area contributed by atoms with Gasteiger partial charge in [0.25, 0.3) is 5.91 Å². The highest BCUT2D eigenvalue weighted by Crippen LogP contribution is 2.20. The molecule has 2 aromatic heterocycles. The molecule has 1 saturated heterocycles. The molecular formula is C17H25ClN6O. The first-order valence-electron chi connectivity index (χ1n) is 8.64. The summed E-state index contributed by atoms with van der Waals surface area (Å²) in [5.41, 5.74) is 4.07. The number of amides is 1. The molecule has 0 unspecified atom stereocenters. The molecule has 0 saturated carbocycles. The van der Waals surface area contributed by atoms with E-state index in [-0.39, 0.29) is 5.91 Å². The summed E-state index contributed by atoms with van der Waals surface area (Å²) in [4.78, 5) is 17.0. The third-order valence-corrected chi connectivity index (χ3v) is 5.27. The van der Waals surface area contributed by atoms with Gasteiger partial charge in [-0.15, -0.1) is 0 Å². The lowest BCUT2D eigenvalue weighted by molar-refractivity contribution is 0.0616. The average molecular weight is 365 g/mol. The van der Waals surface area contributed by atoms with Crippen LogP contribution in [0.1, 0.15) is 34.4 Å². The molecule has 0 atom stereocenters. The summed E-state index contributed by atoms with van der Waals surface area (Å²) in [7, 11) is 1.98. The van der Waals surface area contributed by atoms with Crippen LogP contribution in [-0.2, 0) is 20.1 Å². The van der Waals surface area contributed by atoms with Gasteiger partial charge in [-0.1, -0.05) is 11.6 Å². The van der Waals surface area contributed by atoms with Crippen molar-refractivity contribution in [3.63, 3.8) is 0 Å². The van der Waals surface area contributed by atoms with Crippen LogP contribution in [0.25, 0.3) is 0 Å². The molecule has 8 heteroatoms. The average Bonchev–Trinajstić information content (AvgIpc) is 3.09. The number of hydrogen-bond donors (Lipinski definition) is 0. The lowest BCUT2D eigenvalue weighted by Crippen LogP contribution is -2.48. The van der Waals surface area contributed by atoms with Gasteiger partial charge in [-0.2, -0.15) is 10.2 Å². The predicted octanol–water partition coefficient (Wildman–Crippen LogP) is 1.86. The van der Waals surface area contributed by atoms with Gasteiger partial charge in [0.1, 0.15) is 5.69 Å². The second-order valence-electron chi connectivity index (χ2n) is 6.50. The zero-order valence-electron chi connectivity index (χ0n) is 15.3. The van der Waals surface area contributed by atoms with Crippen molar-refractivity contribution in [3.05, 3.63) is 33.9 Å². The fourth-order valence-electron chi connectivity index (χ4n) is 3.34. The van der Waals surface area contributed by atoms with Gasteiger partial charge >= 0.3 is 0 Å². The summed E-state index contributed by atoms with van der Waals surface area (Å²) in [5, 5.41) is 9.07. The van der Waals surface area contributed by atoms with Crippen LogP contribution in [0.5, 0.6) is 0 Å². The van der Waals surface area contributed by atoms with Gasteiger partial charge in [0.15, 0.2) is 0 Å². The number of hydrogen-bond acceptors (Lipinski definition) is 4. The number of aromatic nitrogens is 4. The van der Waals surface area contributed by atoms with Crippen molar-refractivity contribution in [2.75, 3.05) is 26.2 Å². The topological polar surface area (TPSA) is 59.2 Å². The number of rotatable bonds is 4. The van der Waals surface area contributed by atoms with E-state index in [2.05, 4.69) is 28.9 Å². The lowest BCUT2D eigenvalue weighted by atomic mass is 10.1. The van der Waals surface area contributed by atoms with E-state index >= 15 is 0 Å². The first-order chi connectivity index (χ1) is 11.9. The summed E-state index contributed by atoms with van der Waals surface area (Å²) in [6, 6.07) is 0. The van der Waals surface area contributed by atoms with E-state index in [1.165, 1.54) is 11.3 Å². The van der Waals surface area contributed by atoms with Gasteiger partial charge in [0.2, 0.25) is 0 Å². The number of carbonyl (C=O) groups is 1. The maximum Gasteiger partial charge on any atom is 0.273 e. The molecule has 0 bridgehead atoms. The summed E-state index contributed by atoms with van der Waals surface area (Å²) in [5.74, 6) is -0.0299. The Morgan fingerprint density at radius 1 is 1.24 bits per heavy atom. The van der Waals surface area contributed by atoms with Crippen LogP contribution >= 0.6 is 11.6 Å². The second-order valence-corrected chi connectivity index (χ2v) is 6.91. The number of aryl methyl sites for hydroxylation is 3. The van der Waals surface area contributed by atoms with Crippen molar-refractivity contribution in [2.45, 2.75) is 33.9 Å². The molecule has 1 aliphatic heterocycles. The predicted molar refractivity (Wildman–Crippen MR) is 96.8 cm³/mol. The summed E-state index contributed by atoms with van der Waals surface area (Å²) >= 11 is 6.16. The Bertz CT molecular complexity index is 772. The molecule has 2 aromatic rings. The summed E-state index contributed by atoms with van der Waals surface area (Å²) in [6.07, 6.45) is 1.54. The van der Waals surface area contributed by atoms with Crippen LogP contribution in [0, 0.1) is 13.8 Å². The highest BCUT2D eigenvalue weighted by atomic mass is 35.5. The Morgan fingerprint density at radius 2 is 1.92 bits per heavy atom. The van der Waals surface area contributed by atoms with E-state index in [9.17, 15) is 4.79 Å². The molecule has 136 valence electrons. The van der Waals surface area contributed by atoms with Crippen LogP contribution in [0.4, 0.5) is 0 Å². The highest BCUT2D eigenvalue weighted by Gasteiger charge is 2.27. The smallest absolute Gasteiger partial charge is 0.273 e. The Kier molecular flexibility index (Phi) is 5.15. The molecule has 1 amide bonds. The zero-order valence-corrected chi connectivity index (χ0v) is 16.0. The summed E-state index contributed by atoms with van der Waals surface area (Å²) < 4.78 is 3.59. The number of nitrogens with zero attached hydrogens (tertiary/aromatic N) is 6. The van der Waals surface area contributed by atoms with E-state index in [4.69, 9.17) is 11.6 Å². The van der Waals surface area contributed by atoms with Crippen molar-refractivity contribution in [3.8, 4) is 0 Å². The fraction of sp³-hybridized carbons (Fsp3) is 0.588. The molecule has 7 nitrogen and oxygen atoms in total. The molecule has 0 N–H and O–H groups in total. The minimum absolute atomic E-state index is 0.0299. The van der Waals surface area contributed by atoms with Crippen LogP contribution in [0.15, 0.2) is 6.20 Å². The molecule has 3 heterocycles. The minimum Gasteiger partial charge on any atom is -0.335 e. The molecule has 1 fully saturated rings. The molecule has 1 aliphatic rings. The Balaban J connectivity index is 1.64. The van der Waals surface area contributed by atoms with Crippen molar-refractivity contribution < 1.29 is 4.79 Å². The lowest BCUT2D eigenvalue weighted by Gasteiger charge is -2.34. The Hall–Kier alpha value is -1.86. The highest BCUT2D eigenvalue weighted by molar-refractivity contribution is 6.33.